The maximum Gasteiger partial charge on any atom is 0.246 e. The molecule has 1 amide bonds. The van der Waals surface area contributed by atoms with E-state index in [1.54, 1.807) is 7.11 Å². The first kappa shape index (κ1) is 16.7. The van der Waals surface area contributed by atoms with Crippen molar-refractivity contribution in [2.24, 2.45) is 0 Å². The van der Waals surface area contributed by atoms with E-state index in [4.69, 9.17) is 9.47 Å². The Morgan fingerprint density at radius 3 is 2.48 bits per heavy atom. The van der Waals surface area contributed by atoms with Crippen molar-refractivity contribution in [2.75, 3.05) is 24.4 Å². The van der Waals surface area contributed by atoms with E-state index >= 15 is 0 Å². The van der Waals surface area contributed by atoms with Crippen molar-refractivity contribution in [3.8, 4) is 11.5 Å². The minimum Gasteiger partial charge on any atom is -0.497 e. The number of benzene rings is 2. The number of carbonyl (C=O) groups excluding carboxylic acids is 1. The first-order valence-corrected chi connectivity index (χ1v) is 7.56. The molecule has 5 nitrogen and oxygen atoms in total. The highest BCUT2D eigenvalue weighted by Crippen LogP contribution is 2.19. The van der Waals surface area contributed by atoms with Crippen LogP contribution in [0.25, 0.3) is 0 Å². The van der Waals surface area contributed by atoms with Crippen molar-refractivity contribution < 1.29 is 14.3 Å². The Kier molecular flexibility index (Phi) is 5.86. The summed E-state index contributed by atoms with van der Waals surface area (Å²) in [5.41, 5.74) is 1.57. The number of rotatable bonds is 7. The Labute approximate surface area is 136 Å². The first-order valence-electron chi connectivity index (χ1n) is 7.56. The lowest BCUT2D eigenvalue weighted by Crippen LogP contribution is -2.31. The molecule has 2 aromatic carbocycles. The lowest BCUT2D eigenvalue weighted by atomic mass is 10.2. The molecule has 0 saturated heterocycles. The molecule has 2 aromatic rings. The zero-order chi connectivity index (χ0) is 16.7. The van der Waals surface area contributed by atoms with Crippen LogP contribution in [0, 0.1) is 0 Å². The summed E-state index contributed by atoms with van der Waals surface area (Å²) in [7, 11) is 1.61. The highest BCUT2D eigenvalue weighted by Gasteiger charge is 2.13. The van der Waals surface area contributed by atoms with Gasteiger partial charge in [0, 0.05) is 17.4 Å². The van der Waals surface area contributed by atoms with Gasteiger partial charge in [0.25, 0.3) is 0 Å². The number of hydrogen-bond acceptors (Lipinski definition) is 4. The molecule has 0 fully saturated rings. The average molecular weight is 314 g/mol. The summed E-state index contributed by atoms with van der Waals surface area (Å²) in [6.07, 6.45) is 0. The number of hydrogen-bond donors (Lipinski definition) is 2. The maximum atomic E-state index is 12.2. The first-order chi connectivity index (χ1) is 11.1. The van der Waals surface area contributed by atoms with Gasteiger partial charge in [0.1, 0.15) is 17.5 Å². The fraction of sp³-hybridized carbons (Fsp3) is 0.278. The molecule has 1 unspecified atom stereocenters. The van der Waals surface area contributed by atoms with Gasteiger partial charge >= 0.3 is 0 Å². The molecule has 0 bridgehead atoms. The molecule has 0 aliphatic carbocycles. The van der Waals surface area contributed by atoms with Crippen LogP contribution in [-0.2, 0) is 4.79 Å². The van der Waals surface area contributed by atoms with E-state index in [9.17, 15) is 4.79 Å². The predicted molar refractivity (Wildman–Crippen MR) is 92.3 cm³/mol. The van der Waals surface area contributed by atoms with Crippen LogP contribution in [0.5, 0.6) is 11.5 Å². The van der Waals surface area contributed by atoms with Crippen LogP contribution in [-0.4, -0.2) is 25.7 Å². The largest absolute Gasteiger partial charge is 0.497 e. The second kappa shape index (κ2) is 8.08. The number of carbonyl (C=O) groups is 1. The van der Waals surface area contributed by atoms with Gasteiger partial charge in [0.05, 0.1) is 13.7 Å². The molecule has 0 aromatic heterocycles. The van der Waals surface area contributed by atoms with E-state index in [1.165, 1.54) is 0 Å². The van der Waals surface area contributed by atoms with E-state index in [1.807, 2.05) is 62.4 Å². The Morgan fingerprint density at radius 1 is 1.09 bits per heavy atom. The summed E-state index contributed by atoms with van der Waals surface area (Å²) in [5, 5.41) is 6.02. The lowest BCUT2D eigenvalue weighted by Gasteiger charge is -2.16. The molecule has 0 aliphatic rings. The van der Waals surface area contributed by atoms with E-state index in [-0.39, 0.29) is 11.9 Å². The van der Waals surface area contributed by atoms with Crippen molar-refractivity contribution in [2.45, 2.75) is 19.9 Å². The molecular weight excluding hydrogens is 292 g/mol. The van der Waals surface area contributed by atoms with Gasteiger partial charge in [-0.25, -0.2) is 0 Å². The molecule has 0 spiro atoms. The fourth-order valence-electron chi connectivity index (χ4n) is 2.08. The molecule has 2 rings (SSSR count). The molecule has 0 heterocycles. The SMILES string of the molecule is CCOc1ccc(NC(=O)C(C)Nc2cccc(OC)c2)cc1. The van der Waals surface area contributed by atoms with Gasteiger partial charge in [0.15, 0.2) is 0 Å². The van der Waals surface area contributed by atoms with Crippen LogP contribution in [0.15, 0.2) is 48.5 Å². The van der Waals surface area contributed by atoms with Crippen LogP contribution in [0.3, 0.4) is 0 Å². The normalized spacial score (nSPS) is 11.4. The van der Waals surface area contributed by atoms with E-state index in [0.717, 1.165) is 22.9 Å². The van der Waals surface area contributed by atoms with Crippen LogP contribution < -0.4 is 20.1 Å². The van der Waals surface area contributed by atoms with E-state index < -0.39 is 0 Å². The van der Waals surface area contributed by atoms with Gasteiger partial charge in [-0.15, -0.1) is 0 Å². The summed E-state index contributed by atoms with van der Waals surface area (Å²) in [5.74, 6) is 1.42. The summed E-state index contributed by atoms with van der Waals surface area (Å²) < 4.78 is 10.5. The Balaban J connectivity index is 1.93. The molecule has 0 aliphatic heterocycles. The molecule has 0 saturated carbocycles. The summed E-state index contributed by atoms with van der Waals surface area (Å²) in [6, 6.07) is 14.4. The molecule has 5 heteroatoms. The van der Waals surface area contributed by atoms with Crippen LogP contribution >= 0.6 is 0 Å². The molecular formula is C18H22N2O3. The molecule has 23 heavy (non-hydrogen) atoms. The van der Waals surface area contributed by atoms with Crippen molar-refractivity contribution >= 4 is 17.3 Å². The predicted octanol–water partition coefficient (Wildman–Crippen LogP) is 3.53. The monoisotopic (exact) mass is 314 g/mol. The Morgan fingerprint density at radius 2 is 1.83 bits per heavy atom. The minimum atomic E-state index is -0.381. The smallest absolute Gasteiger partial charge is 0.246 e. The minimum absolute atomic E-state index is 0.114. The fourth-order valence-corrected chi connectivity index (χ4v) is 2.08. The zero-order valence-corrected chi connectivity index (χ0v) is 13.6. The molecule has 122 valence electrons. The van der Waals surface area contributed by atoms with Crippen molar-refractivity contribution in [3.63, 3.8) is 0 Å². The van der Waals surface area contributed by atoms with Gasteiger partial charge in [-0.3, -0.25) is 4.79 Å². The lowest BCUT2D eigenvalue weighted by molar-refractivity contribution is -0.116. The number of amides is 1. The second-order valence-electron chi connectivity index (χ2n) is 5.04. The second-order valence-corrected chi connectivity index (χ2v) is 5.04. The average Bonchev–Trinajstić information content (AvgIpc) is 2.57. The van der Waals surface area contributed by atoms with Crippen LogP contribution in [0.4, 0.5) is 11.4 Å². The van der Waals surface area contributed by atoms with Crippen molar-refractivity contribution in [1.29, 1.82) is 0 Å². The van der Waals surface area contributed by atoms with Gasteiger partial charge in [0.2, 0.25) is 5.91 Å². The topological polar surface area (TPSA) is 59.6 Å². The zero-order valence-electron chi connectivity index (χ0n) is 13.6. The van der Waals surface area contributed by atoms with E-state index in [0.29, 0.717) is 6.61 Å². The third-order valence-electron chi connectivity index (χ3n) is 3.28. The van der Waals surface area contributed by atoms with Crippen molar-refractivity contribution in [1.82, 2.24) is 0 Å². The maximum absolute atomic E-state index is 12.2. The summed E-state index contributed by atoms with van der Waals surface area (Å²) in [4.78, 5) is 12.2. The van der Waals surface area contributed by atoms with Crippen LogP contribution in [0.1, 0.15) is 13.8 Å². The van der Waals surface area contributed by atoms with Crippen molar-refractivity contribution in [3.05, 3.63) is 48.5 Å². The summed E-state index contributed by atoms with van der Waals surface area (Å²) >= 11 is 0. The van der Waals surface area contributed by atoms with Crippen LogP contribution in [0.2, 0.25) is 0 Å². The van der Waals surface area contributed by atoms with Gasteiger partial charge in [-0.2, -0.15) is 0 Å². The highest BCUT2D eigenvalue weighted by molar-refractivity contribution is 5.96. The quantitative estimate of drug-likeness (QED) is 0.821. The molecule has 2 N–H and O–H groups in total. The third-order valence-corrected chi connectivity index (χ3v) is 3.28. The standard InChI is InChI=1S/C18H22N2O3/c1-4-23-16-10-8-14(9-11-16)20-18(21)13(2)19-15-6-5-7-17(12-15)22-3/h5-13,19H,4H2,1-3H3,(H,20,21). The highest BCUT2D eigenvalue weighted by atomic mass is 16.5. The third kappa shape index (κ3) is 4.92. The number of methoxy groups -OCH3 is 1. The van der Waals surface area contributed by atoms with Gasteiger partial charge < -0.3 is 20.1 Å². The van der Waals surface area contributed by atoms with Gasteiger partial charge in [-0.1, -0.05) is 6.07 Å². The van der Waals surface area contributed by atoms with Gasteiger partial charge in [-0.05, 0) is 50.2 Å². The van der Waals surface area contributed by atoms with E-state index in [2.05, 4.69) is 10.6 Å². The number of nitrogens with one attached hydrogen (secondary N) is 2. The molecule has 0 radical (unpaired) electrons. The Bertz CT molecular complexity index is 641. The number of ether oxygens (including phenoxy) is 2. The Hall–Kier alpha value is -2.69. The summed E-state index contributed by atoms with van der Waals surface area (Å²) in [6.45, 7) is 4.36. The molecule has 1 atom stereocenters. The number of anilines is 2.